The Morgan fingerprint density at radius 3 is 3.07 bits per heavy atom. The van der Waals surface area contributed by atoms with Crippen LogP contribution in [0.5, 0.6) is 0 Å². The van der Waals surface area contributed by atoms with Crippen LogP contribution in [-0.4, -0.2) is 23.2 Å². The minimum absolute atomic E-state index is 0.984. The quantitative estimate of drug-likeness (QED) is 0.791. The lowest BCUT2D eigenvalue weighted by Crippen LogP contribution is -2.12. The maximum Gasteiger partial charge on any atom is 0.0667 e. The highest BCUT2D eigenvalue weighted by Gasteiger charge is 2.01. The van der Waals surface area contributed by atoms with Crippen LogP contribution >= 0.6 is 0 Å². The predicted molar refractivity (Wildman–Crippen MR) is 57.6 cm³/mol. The van der Waals surface area contributed by atoms with Gasteiger partial charge in [-0.2, -0.15) is 5.10 Å². The molecule has 0 unspecified atom stereocenters. The third-order valence-electron chi connectivity index (χ3n) is 2.32. The van der Waals surface area contributed by atoms with E-state index >= 15 is 0 Å². The molecule has 14 heavy (non-hydrogen) atoms. The largest absolute Gasteiger partial charge is 0.319 e. The Bertz CT molecular complexity index is 431. The van der Waals surface area contributed by atoms with Crippen LogP contribution in [0.4, 0.5) is 0 Å². The topological polar surface area (TPSA) is 29.3 Å². The fourth-order valence-electron chi connectivity index (χ4n) is 1.64. The van der Waals surface area contributed by atoms with Crippen LogP contribution < -0.4 is 5.32 Å². The Labute approximate surface area is 83.7 Å². The molecule has 0 aliphatic carbocycles. The van der Waals surface area contributed by atoms with Crippen molar-refractivity contribution in [3.63, 3.8) is 0 Å². The molecule has 2 heterocycles. The van der Waals surface area contributed by atoms with Crippen LogP contribution in [0.3, 0.4) is 0 Å². The Balaban J connectivity index is 2.42. The van der Waals surface area contributed by atoms with E-state index in [0.717, 1.165) is 18.7 Å². The maximum absolute atomic E-state index is 4.45. The lowest BCUT2D eigenvalue weighted by Gasteiger charge is -2.03. The number of hydrogen-bond donors (Lipinski definition) is 1. The number of aryl methyl sites for hydroxylation is 1. The Morgan fingerprint density at radius 2 is 2.29 bits per heavy atom. The summed E-state index contributed by atoms with van der Waals surface area (Å²) in [6, 6.07) is 8.39. The van der Waals surface area contributed by atoms with Gasteiger partial charge >= 0.3 is 0 Å². The van der Waals surface area contributed by atoms with Gasteiger partial charge in [0.05, 0.1) is 11.2 Å². The van der Waals surface area contributed by atoms with Crippen LogP contribution in [0.15, 0.2) is 24.3 Å². The lowest BCUT2D eigenvalue weighted by atomic mass is 10.2. The smallest absolute Gasteiger partial charge is 0.0667 e. The Hall–Kier alpha value is -1.35. The summed E-state index contributed by atoms with van der Waals surface area (Å²) in [6.07, 6.45) is 1.01. The lowest BCUT2D eigenvalue weighted by molar-refractivity contribution is 0.744. The molecule has 0 aromatic carbocycles. The zero-order chi connectivity index (χ0) is 9.97. The second-order valence-corrected chi connectivity index (χ2v) is 3.49. The summed E-state index contributed by atoms with van der Waals surface area (Å²) in [5, 5.41) is 7.60. The minimum Gasteiger partial charge on any atom is -0.319 e. The summed E-state index contributed by atoms with van der Waals surface area (Å²) < 4.78 is 2.02. The predicted octanol–water partition coefficient (Wildman–Crippen LogP) is 1.40. The van der Waals surface area contributed by atoms with Crippen molar-refractivity contribution in [3.8, 4) is 0 Å². The normalized spacial score (nSPS) is 11.0. The molecule has 2 rings (SSSR count). The van der Waals surface area contributed by atoms with Crippen molar-refractivity contribution in [2.75, 3.05) is 13.6 Å². The van der Waals surface area contributed by atoms with Crippen molar-refractivity contribution < 1.29 is 0 Å². The van der Waals surface area contributed by atoms with Gasteiger partial charge in [-0.05, 0) is 32.2 Å². The van der Waals surface area contributed by atoms with Gasteiger partial charge < -0.3 is 5.32 Å². The first-order valence-electron chi connectivity index (χ1n) is 4.90. The van der Waals surface area contributed by atoms with Gasteiger partial charge in [-0.3, -0.25) is 0 Å². The molecular formula is C11H15N3. The van der Waals surface area contributed by atoms with Gasteiger partial charge in [-0.1, -0.05) is 6.07 Å². The summed E-state index contributed by atoms with van der Waals surface area (Å²) in [7, 11) is 1.97. The molecule has 0 saturated heterocycles. The van der Waals surface area contributed by atoms with Gasteiger partial charge in [0, 0.05) is 18.7 Å². The Morgan fingerprint density at radius 1 is 1.43 bits per heavy atom. The van der Waals surface area contributed by atoms with E-state index in [1.54, 1.807) is 0 Å². The number of aromatic nitrogens is 2. The molecule has 0 spiro atoms. The summed E-state index contributed by atoms with van der Waals surface area (Å²) in [6.45, 7) is 3.01. The van der Waals surface area contributed by atoms with E-state index in [0.29, 0.717) is 0 Å². The number of pyridine rings is 1. The number of rotatable bonds is 3. The van der Waals surface area contributed by atoms with Gasteiger partial charge in [0.1, 0.15) is 0 Å². The molecule has 0 radical (unpaired) electrons. The monoisotopic (exact) mass is 189 g/mol. The highest BCUT2D eigenvalue weighted by molar-refractivity contribution is 5.48. The van der Waals surface area contributed by atoms with Crippen molar-refractivity contribution in [1.29, 1.82) is 0 Å². The molecule has 1 N–H and O–H groups in total. The summed E-state index contributed by atoms with van der Waals surface area (Å²) in [4.78, 5) is 0. The molecule has 3 heteroatoms. The second-order valence-electron chi connectivity index (χ2n) is 3.49. The SMILES string of the molecule is CNCCc1cccc2cc(C)nn12. The molecule has 0 bridgehead atoms. The third-order valence-corrected chi connectivity index (χ3v) is 2.32. The molecule has 0 aliphatic rings. The summed E-state index contributed by atoms with van der Waals surface area (Å²) in [5.41, 5.74) is 3.50. The minimum atomic E-state index is 0.984. The van der Waals surface area contributed by atoms with E-state index in [2.05, 4.69) is 34.7 Å². The van der Waals surface area contributed by atoms with Crippen molar-refractivity contribution in [3.05, 3.63) is 35.7 Å². The van der Waals surface area contributed by atoms with Crippen molar-refractivity contribution in [1.82, 2.24) is 14.9 Å². The van der Waals surface area contributed by atoms with Crippen molar-refractivity contribution in [2.45, 2.75) is 13.3 Å². The van der Waals surface area contributed by atoms with Crippen LogP contribution in [0, 0.1) is 6.92 Å². The molecule has 0 amide bonds. The highest BCUT2D eigenvalue weighted by atomic mass is 15.2. The first-order chi connectivity index (χ1) is 6.81. The zero-order valence-corrected chi connectivity index (χ0v) is 8.62. The van der Waals surface area contributed by atoms with E-state index in [1.807, 2.05) is 18.5 Å². The molecule has 3 nitrogen and oxygen atoms in total. The van der Waals surface area contributed by atoms with Gasteiger partial charge in [-0.25, -0.2) is 4.52 Å². The van der Waals surface area contributed by atoms with Gasteiger partial charge in [0.15, 0.2) is 0 Å². The number of fused-ring (bicyclic) bond motifs is 1. The average molecular weight is 189 g/mol. The van der Waals surface area contributed by atoms with E-state index < -0.39 is 0 Å². The number of likely N-dealkylation sites (N-methyl/N-ethyl adjacent to an activating group) is 1. The first kappa shape index (κ1) is 9.21. The van der Waals surface area contributed by atoms with Crippen LogP contribution in [0.25, 0.3) is 5.52 Å². The third kappa shape index (κ3) is 1.63. The Kier molecular flexibility index (Phi) is 2.50. The molecule has 0 saturated carbocycles. The first-order valence-corrected chi connectivity index (χ1v) is 4.90. The van der Waals surface area contributed by atoms with Crippen LogP contribution in [0.1, 0.15) is 11.4 Å². The number of nitrogens with zero attached hydrogens (tertiary/aromatic N) is 2. The van der Waals surface area contributed by atoms with E-state index in [9.17, 15) is 0 Å². The van der Waals surface area contributed by atoms with Gasteiger partial charge in [0.25, 0.3) is 0 Å². The molecule has 0 atom stereocenters. The van der Waals surface area contributed by atoms with E-state index in [1.165, 1.54) is 11.2 Å². The molecule has 2 aromatic heterocycles. The molecule has 74 valence electrons. The number of nitrogens with one attached hydrogen (secondary N) is 1. The molecule has 0 fully saturated rings. The molecule has 2 aromatic rings. The second kappa shape index (κ2) is 3.80. The average Bonchev–Trinajstić information content (AvgIpc) is 2.55. The molecule has 0 aliphatic heterocycles. The molecular weight excluding hydrogens is 174 g/mol. The number of hydrogen-bond acceptors (Lipinski definition) is 2. The van der Waals surface area contributed by atoms with Gasteiger partial charge in [-0.15, -0.1) is 0 Å². The van der Waals surface area contributed by atoms with Crippen molar-refractivity contribution >= 4 is 5.52 Å². The zero-order valence-electron chi connectivity index (χ0n) is 8.62. The standard InChI is InChI=1S/C11H15N3/c1-9-8-11-5-3-4-10(6-7-12-2)14(11)13-9/h3-5,8,12H,6-7H2,1-2H3. The van der Waals surface area contributed by atoms with Crippen LogP contribution in [0.2, 0.25) is 0 Å². The van der Waals surface area contributed by atoms with Gasteiger partial charge in [0.2, 0.25) is 0 Å². The van der Waals surface area contributed by atoms with Crippen molar-refractivity contribution in [2.24, 2.45) is 0 Å². The summed E-state index contributed by atoms with van der Waals surface area (Å²) in [5.74, 6) is 0. The maximum atomic E-state index is 4.45. The fraction of sp³-hybridized carbons (Fsp3) is 0.364. The van der Waals surface area contributed by atoms with E-state index in [4.69, 9.17) is 0 Å². The van der Waals surface area contributed by atoms with Crippen LogP contribution in [-0.2, 0) is 6.42 Å². The fourth-order valence-corrected chi connectivity index (χ4v) is 1.64. The van der Waals surface area contributed by atoms with E-state index in [-0.39, 0.29) is 0 Å². The summed E-state index contributed by atoms with van der Waals surface area (Å²) >= 11 is 0. The highest BCUT2D eigenvalue weighted by Crippen LogP contribution is 2.09.